The first-order chi connectivity index (χ1) is 9.15. The molecule has 2 N–H and O–H groups in total. The first-order valence-electron chi connectivity index (χ1n) is 6.01. The number of fused-ring (bicyclic) bond motifs is 1. The van der Waals surface area contributed by atoms with E-state index in [0.29, 0.717) is 30.6 Å². The zero-order valence-corrected chi connectivity index (χ0v) is 10.8. The van der Waals surface area contributed by atoms with Gasteiger partial charge in [0.25, 0.3) is 0 Å². The number of aromatic nitrogens is 5. The van der Waals surface area contributed by atoms with Crippen LogP contribution >= 0.6 is 0 Å². The number of nitrogens with zero attached hydrogens (tertiary/aromatic N) is 5. The Bertz CT molecular complexity index is 729. The Morgan fingerprint density at radius 3 is 2.89 bits per heavy atom. The zero-order valence-electron chi connectivity index (χ0n) is 10.8. The van der Waals surface area contributed by atoms with Crippen molar-refractivity contribution in [2.75, 3.05) is 5.73 Å². The van der Waals surface area contributed by atoms with Crippen molar-refractivity contribution in [3.63, 3.8) is 0 Å². The molecule has 7 nitrogen and oxygen atoms in total. The topological polar surface area (TPSA) is 95.7 Å². The first-order valence-corrected chi connectivity index (χ1v) is 6.01. The van der Waals surface area contributed by atoms with Gasteiger partial charge >= 0.3 is 0 Å². The minimum Gasteiger partial charge on any atom is -0.369 e. The lowest BCUT2D eigenvalue weighted by molar-refractivity contribution is 0.386. The van der Waals surface area contributed by atoms with Crippen molar-refractivity contribution in [1.82, 2.24) is 24.7 Å². The summed E-state index contributed by atoms with van der Waals surface area (Å²) in [4.78, 5) is 12.8. The Balaban J connectivity index is 1.92. The summed E-state index contributed by atoms with van der Waals surface area (Å²) in [6.07, 6.45) is 2.39. The van der Waals surface area contributed by atoms with Gasteiger partial charge in [-0.3, -0.25) is 4.57 Å². The molecule has 0 bridgehead atoms. The maximum absolute atomic E-state index is 5.94. The summed E-state index contributed by atoms with van der Waals surface area (Å²) in [7, 11) is 0. The van der Waals surface area contributed by atoms with E-state index in [9.17, 15) is 0 Å². The molecule has 0 unspecified atom stereocenters. The van der Waals surface area contributed by atoms with E-state index >= 15 is 0 Å². The Hall–Kier alpha value is -2.44. The van der Waals surface area contributed by atoms with Crippen LogP contribution in [0.15, 0.2) is 16.8 Å². The SMILES string of the molecule is Cc1nc(CCn2c(N)nc3c(C)ccnc32)no1. The number of aryl methyl sites for hydroxylation is 4. The molecule has 0 aliphatic carbocycles. The van der Waals surface area contributed by atoms with Crippen LogP contribution in [0.3, 0.4) is 0 Å². The van der Waals surface area contributed by atoms with Crippen LogP contribution in [-0.4, -0.2) is 24.7 Å². The maximum atomic E-state index is 5.94. The highest BCUT2D eigenvalue weighted by Crippen LogP contribution is 2.18. The zero-order chi connectivity index (χ0) is 13.4. The Kier molecular flexibility index (Phi) is 2.66. The summed E-state index contributed by atoms with van der Waals surface area (Å²) in [6.45, 7) is 4.38. The minimum absolute atomic E-state index is 0.456. The van der Waals surface area contributed by atoms with Crippen LogP contribution in [0, 0.1) is 13.8 Å². The molecule has 0 spiro atoms. The van der Waals surface area contributed by atoms with E-state index in [4.69, 9.17) is 10.3 Å². The highest BCUT2D eigenvalue weighted by molar-refractivity contribution is 5.77. The van der Waals surface area contributed by atoms with Crippen LogP contribution in [0.5, 0.6) is 0 Å². The monoisotopic (exact) mass is 258 g/mol. The van der Waals surface area contributed by atoms with Gasteiger partial charge in [0.1, 0.15) is 5.52 Å². The van der Waals surface area contributed by atoms with Crippen molar-refractivity contribution >= 4 is 17.1 Å². The molecule has 0 amide bonds. The molecule has 3 aromatic heterocycles. The van der Waals surface area contributed by atoms with Crippen LogP contribution in [0.4, 0.5) is 5.95 Å². The van der Waals surface area contributed by atoms with Crippen LogP contribution in [0.1, 0.15) is 17.3 Å². The van der Waals surface area contributed by atoms with Crippen LogP contribution in [0.25, 0.3) is 11.2 Å². The van der Waals surface area contributed by atoms with Crippen molar-refractivity contribution in [2.45, 2.75) is 26.8 Å². The molecule has 0 saturated heterocycles. The third-order valence-corrected chi connectivity index (χ3v) is 2.99. The predicted octanol–water partition coefficient (Wildman–Crippen LogP) is 1.26. The summed E-state index contributed by atoms with van der Waals surface area (Å²) in [5, 5.41) is 3.86. The molecular formula is C12H14N6O. The highest BCUT2D eigenvalue weighted by atomic mass is 16.5. The van der Waals surface area contributed by atoms with Crippen molar-refractivity contribution in [1.29, 1.82) is 0 Å². The van der Waals surface area contributed by atoms with E-state index < -0.39 is 0 Å². The molecule has 3 aromatic rings. The summed E-state index contributed by atoms with van der Waals surface area (Å²) < 4.78 is 6.81. The maximum Gasteiger partial charge on any atom is 0.223 e. The molecule has 98 valence electrons. The fourth-order valence-corrected chi connectivity index (χ4v) is 2.03. The fourth-order valence-electron chi connectivity index (χ4n) is 2.03. The van der Waals surface area contributed by atoms with E-state index in [2.05, 4.69) is 20.1 Å². The van der Waals surface area contributed by atoms with Crippen molar-refractivity contribution < 1.29 is 4.52 Å². The average Bonchev–Trinajstić information content (AvgIpc) is 2.92. The molecule has 3 heterocycles. The molecule has 0 aromatic carbocycles. The van der Waals surface area contributed by atoms with Crippen LogP contribution in [-0.2, 0) is 13.0 Å². The number of nitrogens with two attached hydrogens (primary N) is 1. The van der Waals surface area contributed by atoms with Crippen LogP contribution in [0.2, 0.25) is 0 Å². The van der Waals surface area contributed by atoms with Gasteiger partial charge in [-0.25, -0.2) is 9.97 Å². The van der Waals surface area contributed by atoms with Gasteiger partial charge in [-0.15, -0.1) is 0 Å². The standard InChI is InChI=1S/C12H14N6O/c1-7-3-5-14-11-10(7)16-12(13)18(11)6-4-9-15-8(2)19-17-9/h3,5H,4,6H2,1-2H3,(H2,13,16). The van der Waals surface area contributed by atoms with Gasteiger partial charge < -0.3 is 10.3 Å². The van der Waals surface area contributed by atoms with Gasteiger partial charge in [0, 0.05) is 26.1 Å². The van der Waals surface area contributed by atoms with Crippen LogP contribution < -0.4 is 5.73 Å². The van der Waals surface area contributed by atoms with Gasteiger partial charge in [0.05, 0.1) is 0 Å². The Labute approximate surface area is 109 Å². The van der Waals surface area contributed by atoms with Crippen molar-refractivity contribution in [3.05, 3.63) is 29.5 Å². The third kappa shape index (κ3) is 2.03. The van der Waals surface area contributed by atoms with Crippen molar-refractivity contribution in [2.24, 2.45) is 0 Å². The highest BCUT2D eigenvalue weighted by Gasteiger charge is 2.12. The largest absolute Gasteiger partial charge is 0.369 e. The molecule has 0 atom stereocenters. The quantitative estimate of drug-likeness (QED) is 0.759. The number of anilines is 1. The smallest absolute Gasteiger partial charge is 0.223 e. The number of imidazole rings is 1. The molecule has 19 heavy (non-hydrogen) atoms. The number of nitrogen functional groups attached to an aromatic ring is 1. The number of hydrogen-bond donors (Lipinski definition) is 1. The fraction of sp³-hybridized carbons (Fsp3) is 0.333. The number of pyridine rings is 1. The molecule has 0 saturated carbocycles. The summed E-state index contributed by atoms with van der Waals surface area (Å²) >= 11 is 0. The van der Waals surface area contributed by atoms with Gasteiger partial charge in [-0.05, 0) is 18.6 Å². The Morgan fingerprint density at radius 1 is 1.32 bits per heavy atom. The average molecular weight is 258 g/mol. The van der Waals surface area contributed by atoms with Gasteiger partial charge in [-0.1, -0.05) is 5.16 Å². The van der Waals surface area contributed by atoms with E-state index in [1.54, 1.807) is 13.1 Å². The second-order valence-corrected chi connectivity index (χ2v) is 4.40. The normalized spacial score (nSPS) is 11.3. The van der Waals surface area contributed by atoms with E-state index in [0.717, 1.165) is 16.7 Å². The van der Waals surface area contributed by atoms with E-state index in [-0.39, 0.29) is 0 Å². The molecule has 0 radical (unpaired) electrons. The lowest BCUT2D eigenvalue weighted by atomic mass is 10.3. The summed E-state index contributed by atoms with van der Waals surface area (Å²) in [5.41, 5.74) is 8.63. The van der Waals surface area contributed by atoms with E-state index in [1.807, 2.05) is 17.6 Å². The van der Waals surface area contributed by atoms with Gasteiger partial charge in [-0.2, -0.15) is 4.98 Å². The lowest BCUT2D eigenvalue weighted by Gasteiger charge is -2.03. The molecule has 0 aliphatic rings. The molecule has 3 rings (SSSR count). The minimum atomic E-state index is 0.456. The van der Waals surface area contributed by atoms with Gasteiger partial charge in [0.15, 0.2) is 11.5 Å². The molecule has 0 fully saturated rings. The third-order valence-electron chi connectivity index (χ3n) is 2.99. The lowest BCUT2D eigenvalue weighted by Crippen LogP contribution is -2.07. The molecular weight excluding hydrogens is 244 g/mol. The Morgan fingerprint density at radius 2 is 2.16 bits per heavy atom. The second-order valence-electron chi connectivity index (χ2n) is 4.40. The van der Waals surface area contributed by atoms with Gasteiger partial charge in [0.2, 0.25) is 11.8 Å². The first kappa shape index (κ1) is 11.6. The number of hydrogen-bond acceptors (Lipinski definition) is 6. The molecule has 0 aliphatic heterocycles. The predicted molar refractivity (Wildman–Crippen MR) is 69.4 cm³/mol. The second kappa shape index (κ2) is 4.34. The van der Waals surface area contributed by atoms with E-state index in [1.165, 1.54) is 0 Å². The summed E-state index contributed by atoms with van der Waals surface area (Å²) in [6, 6.07) is 1.92. The van der Waals surface area contributed by atoms with Crippen molar-refractivity contribution in [3.8, 4) is 0 Å². The molecule has 7 heteroatoms. The number of rotatable bonds is 3. The summed E-state index contributed by atoms with van der Waals surface area (Å²) in [5.74, 6) is 1.68.